The van der Waals surface area contributed by atoms with Crippen molar-refractivity contribution in [2.75, 3.05) is 0 Å². The SMILES string of the molecule is O=c1[nH]cnc2ccc(C3=Cc4ccccc4C3)cc12. The van der Waals surface area contributed by atoms with Crippen LogP contribution in [0, 0.1) is 0 Å². The molecule has 0 radical (unpaired) electrons. The fourth-order valence-electron chi connectivity index (χ4n) is 2.73. The number of hydrogen-bond donors (Lipinski definition) is 1. The van der Waals surface area contributed by atoms with Gasteiger partial charge in [-0.25, -0.2) is 4.98 Å². The van der Waals surface area contributed by atoms with Crippen molar-refractivity contribution in [3.8, 4) is 0 Å². The highest BCUT2D eigenvalue weighted by Crippen LogP contribution is 2.31. The highest BCUT2D eigenvalue weighted by Gasteiger charge is 2.14. The van der Waals surface area contributed by atoms with Gasteiger partial charge >= 0.3 is 0 Å². The van der Waals surface area contributed by atoms with Crippen molar-refractivity contribution in [2.24, 2.45) is 0 Å². The van der Waals surface area contributed by atoms with Gasteiger partial charge in [0.1, 0.15) is 0 Å². The van der Waals surface area contributed by atoms with Gasteiger partial charge in [0.15, 0.2) is 0 Å². The van der Waals surface area contributed by atoms with Gasteiger partial charge in [-0.05, 0) is 40.8 Å². The zero-order chi connectivity index (χ0) is 13.5. The molecule has 0 saturated heterocycles. The van der Waals surface area contributed by atoms with Crippen LogP contribution >= 0.6 is 0 Å². The van der Waals surface area contributed by atoms with Crippen molar-refractivity contribution in [2.45, 2.75) is 6.42 Å². The predicted molar refractivity (Wildman–Crippen MR) is 80.4 cm³/mol. The maximum absolute atomic E-state index is 11.8. The third-order valence-electron chi connectivity index (χ3n) is 3.78. The largest absolute Gasteiger partial charge is 0.313 e. The molecule has 0 saturated carbocycles. The van der Waals surface area contributed by atoms with Crippen LogP contribution in [-0.4, -0.2) is 9.97 Å². The highest BCUT2D eigenvalue weighted by molar-refractivity contribution is 5.91. The lowest BCUT2D eigenvalue weighted by Gasteiger charge is -2.03. The van der Waals surface area contributed by atoms with Crippen LogP contribution < -0.4 is 5.56 Å². The van der Waals surface area contributed by atoms with E-state index in [9.17, 15) is 4.79 Å². The van der Waals surface area contributed by atoms with Gasteiger partial charge in [-0.15, -0.1) is 0 Å². The molecule has 3 nitrogen and oxygen atoms in total. The second-order valence-electron chi connectivity index (χ2n) is 5.01. The zero-order valence-corrected chi connectivity index (χ0v) is 10.8. The first kappa shape index (κ1) is 11.2. The minimum absolute atomic E-state index is 0.0899. The topological polar surface area (TPSA) is 45.8 Å². The summed E-state index contributed by atoms with van der Waals surface area (Å²) in [6.07, 6.45) is 4.55. The number of nitrogens with one attached hydrogen (secondary N) is 1. The quantitative estimate of drug-likeness (QED) is 0.731. The van der Waals surface area contributed by atoms with E-state index in [4.69, 9.17) is 0 Å². The Balaban J connectivity index is 1.85. The van der Waals surface area contributed by atoms with Gasteiger partial charge in [0.05, 0.1) is 17.2 Å². The van der Waals surface area contributed by atoms with Gasteiger partial charge in [0.25, 0.3) is 5.56 Å². The van der Waals surface area contributed by atoms with Crippen molar-refractivity contribution in [3.05, 3.63) is 75.8 Å². The lowest BCUT2D eigenvalue weighted by molar-refractivity contribution is 1.17. The molecule has 4 rings (SSSR count). The summed E-state index contributed by atoms with van der Waals surface area (Å²) in [5, 5.41) is 0.641. The van der Waals surface area contributed by atoms with Crippen LogP contribution in [0.15, 0.2) is 53.6 Å². The molecule has 1 N–H and O–H groups in total. The molecule has 0 spiro atoms. The predicted octanol–water partition coefficient (Wildman–Crippen LogP) is 3.02. The van der Waals surface area contributed by atoms with Crippen molar-refractivity contribution in [3.63, 3.8) is 0 Å². The maximum Gasteiger partial charge on any atom is 0.258 e. The summed E-state index contributed by atoms with van der Waals surface area (Å²) in [6.45, 7) is 0. The molecule has 0 amide bonds. The van der Waals surface area contributed by atoms with E-state index in [1.54, 1.807) is 0 Å². The minimum atomic E-state index is -0.0899. The summed E-state index contributed by atoms with van der Waals surface area (Å²) in [4.78, 5) is 18.6. The Morgan fingerprint density at radius 2 is 2.00 bits per heavy atom. The van der Waals surface area contributed by atoms with Crippen LogP contribution in [0.3, 0.4) is 0 Å². The average Bonchev–Trinajstić information content (AvgIpc) is 2.91. The third-order valence-corrected chi connectivity index (χ3v) is 3.78. The van der Waals surface area contributed by atoms with Gasteiger partial charge in [-0.1, -0.05) is 36.4 Å². The number of rotatable bonds is 1. The van der Waals surface area contributed by atoms with Crippen molar-refractivity contribution in [1.82, 2.24) is 9.97 Å². The Morgan fingerprint density at radius 1 is 1.10 bits per heavy atom. The highest BCUT2D eigenvalue weighted by atomic mass is 16.1. The molecule has 2 aromatic carbocycles. The summed E-state index contributed by atoms with van der Waals surface area (Å²) in [6, 6.07) is 14.2. The molecular weight excluding hydrogens is 248 g/mol. The Bertz CT molecular complexity index is 906. The molecule has 3 heteroatoms. The van der Waals surface area contributed by atoms with E-state index in [1.807, 2.05) is 24.3 Å². The molecule has 0 fully saturated rings. The monoisotopic (exact) mass is 260 g/mol. The van der Waals surface area contributed by atoms with E-state index in [2.05, 4.69) is 34.2 Å². The van der Waals surface area contributed by atoms with Gasteiger partial charge < -0.3 is 4.98 Å². The molecule has 0 unspecified atom stereocenters. The number of aromatic amines is 1. The summed E-state index contributed by atoms with van der Waals surface area (Å²) in [7, 11) is 0. The van der Waals surface area contributed by atoms with E-state index in [0.717, 1.165) is 17.5 Å². The Morgan fingerprint density at radius 3 is 2.90 bits per heavy atom. The zero-order valence-electron chi connectivity index (χ0n) is 10.8. The number of H-pyrrole nitrogens is 1. The molecule has 0 aliphatic heterocycles. The third kappa shape index (κ3) is 1.67. The molecule has 1 aromatic heterocycles. The van der Waals surface area contributed by atoms with Crippen molar-refractivity contribution in [1.29, 1.82) is 0 Å². The lowest BCUT2D eigenvalue weighted by atomic mass is 10.0. The first-order valence-corrected chi connectivity index (χ1v) is 6.57. The van der Waals surface area contributed by atoms with Crippen molar-refractivity contribution < 1.29 is 0 Å². The van der Waals surface area contributed by atoms with Crippen LogP contribution in [0.25, 0.3) is 22.6 Å². The Kier molecular flexibility index (Phi) is 2.33. The number of allylic oxidation sites excluding steroid dienone is 1. The number of aromatic nitrogens is 2. The molecule has 1 aliphatic carbocycles. The normalized spacial score (nSPS) is 13.3. The van der Waals surface area contributed by atoms with Crippen LogP contribution in [0.2, 0.25) is 0 Å². The summed E-state index contributed by atoms with van der Waals surface area (Å²) in [5.41, 5.74) is 5.58. The molecule has 96 valence electrons. The summed E-state index contributed by atoms with van der Waals surface area (Å²) >= 11 is 0. The summed E-state index contributed by atoms with van der Waals surface area (Å²) in [5.74, 6) is 0. The number of nitrogens with zero attached hydrogens (tertiary/aromatic N) is 1. The molecule has 1 aliphatic rings. The van der Waals surface area contributed by atoms with Crippen LogP contribution in [0.5, 0.6) is 0 Å². The Labute approximate surface area is 115 Å². The first-order chi connectivity index (χ1) is 9.81. The second-order valence-corrected chi connectivity index (χ2v) is 5.01. The molecule has 1 heterocycles. The minimum Gasteiger partial charge on any atom is -0.313 e. The van der Waals surface area contributed by atoms with Crippen LogP contribution in [-0.2, 0) is 6.42 Å². The number of hydrogen-bond acceptors (Lipinski definition) is 2. The second kappa shape index (κ2) is 4.17. The van der Waals surface area contributed by atoms with Crippen LogP contribution in [0.4, 0.5) is 0 Å². The summed E-state index contributed by atoms with van der Waals surface area (Å²) < 4.78 is 0. The molecule has 3 aromatic rings. The Hall–Kier alpha value is -2.68. The average molecular weight is 260 g/mol. The molecule has 0 atom stereocenters. The van der Waals surface area contributed by atoms with E-state index in [1.165, 1.54) is 23.0 Å². The molecule has 20 heavy (non-hydrogen) atoms. The standard InChI is InChI=1S/C17H12N2O/c20-17-15-9-13(5-6-16(15)18-10-19-17)14-7-11-3-1-2-4-12(11)8-14/h1-7,9-10H,8H2,(H,18,19,20). The first-order valence-electron chi connectivity index (χ1n) is 6.57. The van der Waals surface area contributed by atoms with Gasteiger partial charge in [0, 0.05) is 0 Å². The number of fused-ring (bicyclic) bond motifs is 2. The van der Waals surface area contributed by atoms with Gasteiger partial charge in [-0.3, -0.25) is 4.79 Å². The van der Waals surface area contributed by atoms with E-state index >= 15 is 0 Å². The molecular formula is C17H12N2O. The van der Waals surface area contributed by atoms with E-state index < -0.39 is 0 Å². The van der Waals surface area contributed by atoms with Gasteiger partial charge in [0.2, 0.25) is 0 Å². The number of benzene rings is 2. The van der Waals surface area contributed by atoms with E-state index in [-0.39, 0.29) is 5.56 Å². The van der Waals surface area contributed by atoms with Gasteiger partial charge in [-0.2, -0.15) is 0 Å². The lowest BCUT2D eigenvalue weighted by Crippen LogP contribution is -2.06. The van der Waals surface area contributed by atoms with Crippen molar-refractivity contribution >= 4 is 22.6 Å². The smallest absolute Gasteiger partial charge is 0.258 e. The molecule has 0 bridgehead atoms. The maximum atomic E-state index is 11.8. The fraction of sp³-hybridized carbons (Fsp3) is 0.0588. The van der Waals surface area contributed by atoms with Crippen LogP contribution in [0.1, 0.15) is 16.7 Å². The fourth-order valence-corrected chi connectivity index (χ4v) is 2.73. The van der Waals surface area contributed by atoms with E-state index in [0.29, 0.717) is 5.39 Å².